The van der Waals surface area contributed by atoms with Crippen LogP contribution in [-0.2, 0) is 9.84 Å². The summed E-state index contributed by atoms with van der Waals surface area (Å²) in [6.07, 6.45) is 0. The zero-order valence-corrected chi connectivity index (χ0v) is 12.4. The second-order valence-corrected chi connectivity index (χ2v) is 6.54. The Morgan fingerprint density at radius 3 is 2.14 bits per heavy atom. The highest BCUT2D eigenvalue weighted by Crippen LogP contribution is 2.29. The van der Waals surface area contributed by atoms with E-state index in [4.69, 9.17) is 13.1 Å². The maximum atomic E-state index is 12.7. The first kappa shape index (κ1) is 14.8. The van der Waals surface area contributed by atoms with Crippen LogP contribution in [0.4, 0.5) is 11.4 Å². The van der Waals surface area contributed by atoms with E-state index in [1.165, 1.54) is 30.3 Å². The van der Waals surface area contributed by atoms with Crippen LogP contribution in [0.25, 0.3) is 9.69 Å². The minimum Gasteiger partial charge on any atom is -0.238 e. The molecule has 2 aromatic rings. The van der Waals surface area contributed by atoms with Gasteiger partial charge in [-0.15, -0.1) is 0 Å². The molecule has 0 spiro atoms. The van der Waals surface area contributed by atoms with Crippen LogP contribution in [0, 0.1) is 27.0 Å². The Labute approximate surface area is 124 Å². The molecule has 2 rings (SSSR count). The molecule has 2 aromatic carbocycles. The Hall–Kier alpha value is -2.63. The fraction of sp³-hybridized carbons (Fsp3) is 0.125. The van der Waals surface area contributed by atoms with E-state index in [2.05, 4.69) is 9.69 Å². The van der Waals surface area contributed by atoms with Crippen molar-refractivity contribution in [2.75, 3.05) is 0 Å². The first-order valence-electron chi connectivity index (χ1n) is 6.11. The molecule has 0 aliphatic heterocycles. The van der Waals surface area contributed by atoms with E-state index < -0.39 is 9.84 Å². The number of rotatable bonds is 2. The van der Waals surface area contributed by atoms with Gasteiger partial charge in [-0.1, -0.05) is 36.4 Å². The Morgan fingerprint density at radius 2 is 1.62 bits per heavy atom. The number of aryl methyl sites for hydroxylation is 2. The Kier molecular flexibility index (Phi) is 3.80. The van der Waals surface area contributed by atoms with Crippen LogP contribution in [-0.4, -0.2) is 8.42 Å². The number of sulfone groups is 1. The van der Waals surface area contributed by atoms with E-state index in [-0.39, 0.29) is 9.79 Å². The summed E-state index contributed by atoms with van der Waals surface area (Å²) in [4.78, 5) is 6.96. The van der Waals surface area contributed by atoms with Crippen LogP contribution in [0.5, 0.6) is 0 Å². The van der Waals surface area contributed by atoms with Gasteiger partial charge in [0, 0.05) is 0 Å². The van der Waals surface area contributed by atoms with Gasteiger partial charge in [0.15, 0.2) is 11.4 Å². The third kappa shape index (κ3) is 2.65. The molecule has 0 aliphatic carbocycles. The smallest absolute Gasteiger partial charge is 0.206 e. The molecule has 0 saturated carbocycles. The topological polar surface area (TPSA) is 42.9 Å². The lowest BCUT2D eigenvalue weighted by Crippen LogP contribution is -2.04. The summed E-state index contributed by atoms with van der Waals surface area (Å²) in [6, 6.07) is 8.96. The van der Waals surface area contributed by atoms with Gasteiger partial charge in [0.2, 0.25) is 9.84 Å². The molecule has 0 radical (unpaired) electrons. The summed E-state index contributed by atoms with van der Waals surface area (Å²) in [5.41, 5.74) is 2.01. The predicted molar refractivity (Wildman–Crippen MR) is 80.3 cm³/mol. The van der Waals surface area contributed by atoms with Crippen LogP contribution < -0.4 is 0 Å². The SMILES string of the molecule is [C-]#[N+]c1ccc(S(=O)(=O)c2ccc([N+]#[C-])c(C)c2)c(C)c1. The lowest BCUT2D eigenvalue weighted by molar-refractivity contribution is 0.595. The van der Waals surface area contributed by atoms with Gasteiger partial charge in [-0.2, -0.15) is 0 Å². The summed E-state index contributed by atoms with van der Waals surface area (Å²) >= 11 is 0. The largest absolute Gasteiger partial charge is 0.238 e. The van der Waals surface area contributed by atoms with Crippen LogP contribution in [0.2, 0.25) is 0 Å². The van der Waals surface area contributed by atoms with E-state index in [0.717, 1.165) is 0 Å². The summed E-state index contributed by atoms with van der Waals surface area (Å²) < 4.78 is 25.3. The lowest BCUT2D eigenvalue weighted by Gasteiger charge is -2.09. The molecule has 0 aromatic heterocycles. The van der Waals surface area contributed by atoms with Gasteiger partial charge in [0.05, 0.1) is 22.9 Å². The number of hydrogen-bond acceptors (Lipinski definition) is 2. The molecule has 0 N–H and O–H groups in total. The van der Waals surface area contributed by atoms with Crippen molar-refractivity contribution in [1.82, 2.24) is 0 Å². The zero-order chi connectivity index (χ0) is 15.6. The number of benzene rings is 2. The van der Waals surface area contributed by atoms with E-state index in [0.29, 0.717) is 22.5 Å². The molecule has 0 unspecified atom stereocenters. The maximum absolute atomic E-state index is 12.7. The summed E-state index contributed by atoms with van der Waals surface area (Å²) in [6.45, 7) is 17.3. The normalized spacial score (nSPS) is 10.7. The lowest BCUT2D eigenvalue weighted by atomic mass is 10.2. The monoisotopic (exact) mass is 296 g/mol. The second-order valence-electron chi connectivity index (χ2n) is 4.63. The van der Waals surface area contributed by atoms with Crippen molar-refractivity contribution in [3.05, 3.63) is 70.4 Å². The number of nitrogens with zero attached hydrogens (tertiary/aromatic N) is 2. The van der Waals surface area contributed by atoms with Gasteiger partial charge in [0.25, 0.3) is 0 Å². The van der Waals surface area contributed by atoms with Crippen molar-refractivity contribution in [1.29, 1.82) is 0 Å². The van der Waals surface area contributed by atoms with E-state index in [9.17, 15) is 8.42 Å². The standard InChI is InChI=1S/C16H12N2O2S/c1-11-10-14(6-7-15(11)18-4)21(19,20)16-8-5-13(17-3)9-12(16)2/h5-10H,1-2H3. The molecule has 0 saturated heterocycles. The Bertz CT molecular complexity index is 901. The Morgan fingerprint density at radius 1 is 0.905 bits per heavy atom. The van der Waals surface area contributed by atoms with Gasteiger partial charge >= 0.3 is 0 Å². The van der Waals surface area contributed by atoms with E-state index in [1.54, 1.807) is 19.9 Å². The molecule has 0 fully saturated rings. The van der Waals surface area contributed by atoms with Crippen LogP contribution >= 0.6 is 0 Å². The summed E-state index contributed by atoms with van der Waals surface area (Å²) in [7, 11) is -3.65. The summed E-state index contributed by atoms with van der Waals surface area (Å²) in [5.74, 6) is 0. The number of hydrogen-bond donors (Lipinski definition) is 0. The predicted octanol–water partition coefficient (Wildman–Crippen LogP) is 4.24. The molecule has 0 aliphatic rings. The molecule has 5 heteroatoms. The maximum Gasteiger partial charge on any atom is 0.206 e. The average Bonchev–Trinajstić information content (AvgIpc) is 2.46. The highest BCUT2D eigenvalue weighted by molar-refractivity contribution is 7.91. The zero-order valence-electron chi connectivity index (χ0n) is 11.6. The van der Waals surface area contributed by atoms with Gasteiger partial charge in [-0.3, -0.25) is 0 Å². The molecule has 0 heterocycles. The van der Waals surface area contributed by atoms with Gasteiger partial charge in [-0.25, -0.2) is 18.1 Å². The van der Waals surface area contributed by atoms with Crippen LogP contribution in [0.3, 0.4) is 0 Å². The van der Waals surface area contributed by atoms with Crippen LogP contribution in [0.1, 0.15) is 11.1 Å². The van der Waals surface area contributed by atoms with Gasteiger partial charge < -0.3 is 0 Å². The molecule has 0 bridgehead atoms. The minimum absolute atomic E-state index is 0.158. The minimum atomic E-state index is -3.65. The molecule has 104 valence electrons. The second kappa shape index (κ2) is 5.40. The molecule has 0 amide bonds. The fourth-order valence-electron chi connectivity index (χ4n) is 2.05. The molecular formula is C16H12N2O2S. The van der Waals surface area contributed by atoms with Gasteiger partial charge in [-0.05, 0) is 25.0 Å². The Balaban J connectivity index is 2.61. The first-order valence-corrected chi connectivity index (χ1v) is 7.60. The van der Waals surface area contributed by atoms with Crippen molar-refractivity contribution in [2.24, 2.45) is 0 Å². The van der Waals surface area contributed by atoms with E-state index >= 15 is 0 Å². The quantitative estimate of drug-likeness (QED) is 0.778. The summed E-state index contributed by atoms with van der Waals surface area (Å²) in [5, 5.41) is 0. The molecule has 4 nitrogen and oxygen atoms in total. The van der Waals surface area contributed by atoms with Crippen molar-refractivity contribution in [3.63, 3.8) is 0 Å². The first-order chi connectivity index (χ1) is 9.90. The van der Waals surface area contributed by atoms with Crippen molar-refractivity contribution >= 4 is 21.2 Å². The average molecular weight is 296 g/mol. The third-order valence-corrected chi connectivity index (χ3v) is 5.09. The highest BCUT2D eigenvalue weighted by atomic mass is 32.2. The van der Waals surface area contributed by atoms with Gasteiger partial charge in [0.1, 0.15) is 0 Å². The van der Waals surface area contributed by atoms with Crippen molar-refractivity contribution < 1.29 is 8.42 Å². The highest BCUT2D eigenvalue weighted by Gasteiger charge is 2.20. The van der Waals surface area contributed by atoms with Crippen LogP contribution in [0.15, 0.2) is 46.2 Å². The van der Waals surface area contributed by atoms with E-state index in [1.807, 2.05) is 0 Å². The van der Waals surface area contributed by atoms with Crippen molar-refractivity contribution in [3.8, 4) is 0 Å². The van der Waals surface area contributed by atoms with Crippen molar-refractivity contribution in [2.45, 2.75) is 23.6 Å². The molecule has 21 heavy (non-hydrogen) atoms. The molecular weight excluding hydrogens is 284 g/mol. The molecule has 0 atom stereocenters. The fourth-order valence-corrected chi connectivity index (χ4v) is 3.62. The third-order valence-electron chi connectivity index (χ3n) is 3.18.